The molecule has 0 spiro atoms. The summed E-state index contributed by atoms with van der Waals surface area (Å²) in [5, 5.41) is 7.78. The summed E-state index contributed by atoms with van der Waals surface area (Å²) in [5.74, 6) is 12.6. The minimum absolute atomic E-state index is 0.217. The molecule has 1 unspecified atom stereocenters. The lowest BCUT2D eigenvalue weighted by Gasteiger charge is -2.18. The number of carbonyl (C=O) groups is 1. The van der Waals surface area contributed by atoms with Gasteiger partial charge in [-0.1, -0.05) is 23.7 Å². The van der Waals surface area contributed by atoms with Crippen LogP contribution in [0.15, 0.2) is 64.6 Å². The first kappa shape index (κ1) is 25.0. The van der Waals surface area contributed by atoms with E-state index in [0.29, 0.717) is 52.1 Å². The maximum absolute atomic E-state index is 13.3. The average molecular weight is 534 g/mol. The standard InChI is InChI=1S/C25H24ClN9O3/c1-38-25(37)31-16-5-2-14(3-6-16)19-12-29-24(33-19)21-8-9-22-32-18(11-23(36)35(21)22)17-10-15(26)4-7-20(17)34(28)13-30-27/h2-7,10-13,21H,8-9,27-28H2,1H3,(H,29,33)(H,31,37)/b30-13-. The Hall–Kier alpha value is -4.68. The summed E-state index contributed by atoms with van der Waals surface area (Å²) in [5.41, 5.74) is 3.61. The molecule has 0 radical (unpaired) electrons. The van der Waals surface area contributed by atoms with Gasteiger partial charge in [0.15, 0.2) is 0 Å². The number of nitrogens with one attached hydrogen (secondary N) is 2. The van der Waals surface area contributed by atoms with Crippen molar-refractivity contribution in [2.24, 2.45) is 16.8 Å². The van der Waals surface area contributed by atoms with E-state index in [0.717, 1.165) is 11.3 Å². The van der Waals surface area contributed by atoms with Gasteiger partial charge >= 0.3 is 6.09 Å². The minimum atomic E-state index is -0.542. The summed E-state index contributed by atoms with van der Waals surface area (Å²) in [6, 6.07) is 13.5. The molecule has 2 aromatic heterocycles. The molecule has 194 valence electrons. The highest BCUT2D eigenvalue weighted by molar-refractivity contribution is 6.31. The number of carbonyl (C=O) groups excluding carboxylic acids is 1. The monoisotopic (exact) mass is 533 g/mol. The molecular formula is C25H24ClN9O3. The van der Waals surface area contributed by atoms with Crippen LogP contribution in [0, 0.1) is 0 Å². The number of benzene rings is 2. The molecule has 2 aromatic carbocycles. The summed E-state index contributed by atoms with van der Waals surface area (Å²) in [6.45, 7) is 0. The van der Waals surface area contributed by atoms with E-state index in [-0.39, 0.29) is 11.6 Å². The summed E-state index contributed by atoms with van der Waals surface area (Å²) < 4.78 is 6.26. The molecule has 0 fully saturated rings. The van der Waals surface area contributed by atoms with Crippen molar-refractivity contribution in [1.29, 1.82) is 0 Å². The van der Waals surface area contributed by atoms with E-state index in [1.807, 2.05) is 12.1 Å². The van der Waals surface area contributed by atoms with Gasteiger partial charge in [-0.3, -0.25) is 19.7 Å². The quantitative estimate of drug-likeness (QED) is 0.127. The lowest BCUT2D eigenvalue weighted by Crippen LogP contribution is -2.30. The highest BCUT2D eigenvalue weighted by atomic mass is 35.5. The van der Waals surface area contributed by atoms with Crippen LogP contribution in [0.3, 0.4) is 0 Å². The van der Waals surface area contributed by atoms with Gasteiger partial charge in [-0.05, 0) is 42.3 Å². The molecular weight excluding hydrogens is 510 g/mol. The second-order valence-electron chi connectivity index (χ2n) is 8.53. The number of ether oxygens (including phenoxy) is 1. The topological polar surface area (TPSA) is 170 Å². The van der Waals surface area contributed by atoms with Crippen LogP contribution < -0.4 is 27.6 Å². The van der Waals surface area contributed by atoms with Crippen LogP contribution in [-0.2, 0) is 11.2 Å². The second-order valence-corrected chi connectivity index (χ2v) is 8.97. The normalized spacial score (nSPS) is 14.4. The number of fused-ring (bicyclic) bond motifs is 1. The van der Waals surface area contributed by atoms with Crippen LogP contribution in [0.2, 0.25) is 5.02 Å². The van der Waals surface area contributed by atoms with E-state index in [1.54, 1.807) is 41.1 Å². The number of nitrogens with zero attached hydrogens (tertiary/aromatic N) is 5. The number of hydrazone groups is 1. The Morgan fingerprint density at radius 1 is 1.29 bits per heavy atom. The number of aromatic amines is 1. The molecule has 1 aliphatic rings. The smallest absolute Gasteiger partial charge is 0.411 e. The van der Waals surface area contributed by atoms with Crippen LogP contribution in [0.25, 0.3) is 22.5 Å². The number of aryl methyl sites for hydroxylation is 1. The molecule has 1 amide bonds. The van der Waals surface area contributed by atoms with Crippen molar-refractivity contribution < 1.29 is 9.53 Å². The lowest BCUT2D eigenvalue weighted by molar-refractivity contribution is 0.187. The summed E-state index contributed by atoms with van der Waals surface area (Å²) in [7, 11) is 1.31. The van der Waals surface area contributed by atoms with Gasteiger partial charge in [0.1, 0.15) is 18.0 Å². The van der Waals surface area contributed by atoms with E-state index in [4.69, 9.17) is 28.3 Å². The number of rotatable bonds is 6. The number of H-pyrrole nitrogens is 1. The van der Waals surface area contributed by atoms with E-state index >= 15 is 0 Å². The Labute approximate surface area is 221 Å². The summed E-state index contributed by atoms with van der Waals surface area (Å²) in [4.78, 5) is 37.4. The van der Waals surface area contributed by atoms with Crippen molar-refractivity contribution in [3.8, 4) is 22.5 Å². The SMILES string of the molecule is COC(=O)Nc1ccc(-c2cnc(C3CCc4nc(-c5cc(Cl)ccc5N(N)/C=N\N)cc(=O)n43)[nH]2)cc1. The fourth-order valence-corrected chi connectivity index (χ4v) is 4.64. The fourth-order valence-electron chi connectivity index (χ4n) is 4.47. The second kappa shape index (κ2) is 10.4. The largest absolute Gasteiger partial charge is 0.453 e. The van der Waals surface area contributed by atoms with Crippen LogP contribution in [0.5, 0.6) is 0 Å². The van der Waals surface area contributed by atoms with Gasteiger partial charge in [-0.2, -0.15) is 5.10 Å². The molecule has 12 nitrogen and oxygen atoms in total. The van der Waals surface area contributed by atoms with E-state index in [9.17, 15) is 9.59 Å². The number of hydrazine groups is 1. The van der Waals surface area contributed by atoms with Crippen LogP contribution in [0.4, 0.5) is 16.2 Å². The molecule has 13 heteroatoms. The van der Waals surface area contributed by atoms with E-state index in [2.05, 4.69) is 25.1 Å². The molecule has 0 aliphatic carbocycles. The molecule has 1 aliphatic heterocycles. The number of imidazole rings is 1. The van der Waals surface area contributed by atoms with Crippen molar-refractivity contribution in [1.82, 2.24) is 19.5 Å². The predicted octanol–water partition coefficient (Wildman–Crippen LogP) is 3.25. The third-order valence-electron chi connectivity index (χ3n) is 6.22. The molecule has 6 N–H and O–H groups in total. The maximum atomic E-state index is 13.3. The fraction of sp³-hybridized carbons (Fsp3) is 0.160. The van der Waals surface area contributed by atoms with Crippen LogP contribution in [0.1, 0.15) is 24.1 Å². The van der Waals surface area contributed by atoms with Gasteiger partial charge < -0.3 is 15.6 Å². The van der Waals surface area contributed by atoms with Crippen molar-refractivity contribution in [3.63, 3.8) is 0 Å². The zero-order valence-corrected chi connectivity index (χ0v) is 21.0. The van der Waals surface area contributed by atoms with Gasteiger partial charge in [-0.15, -0.1) is 0 Å². The summed E-state index contributed by atoms with van der Waals surface area (Å²) in [6.07, 6.45) is 3.67. The van der Waals surface area contributed by atoms with Gasteiger partial charge in [0.05, 0.1) is 36.4 Å². The molecule has 4 aromatic rings. The molecule has 0 saturated heterocycles. The molecule has 1 atom stereocenters. The number of amides is 1. The number of hydrogen-bond acceptors (Lipinski definition) is 8. The number of hydrogen-bond donors (Lipinski definition) is 4. The lowest BCUT2D eigenvalue weighted by atomic mass is 10.1. The molecule has 38 heavy (non-hydrogen) atoms. The Morgan fingerprint density at radius 3 is 2.82 bits per heavy atom. The zero-order chi connectivity index (χ0) is 26.8. The van der Waals surface area contributed by atoms with Gasteiger partial charge in [0, 0.05) is 28.8 Å². The van der Waals surface area contributed by atoms with Gasteiger partial charge in [-0.25, -0.2) is 20.6 Å². The minimum Gasteiger partial charge on any atom is -0.453 e. The van der Waals surface area contributed by atoms with E-state index in [1.165, 1.54) is 24.5 Å². The van der Waals surface area contributed by atoms with Crippen LogP contribution in [-0.4, -0.2) is 39.1 Å². The highest BCUT2D eigenvalue weighted by Gasteiger charge is 2.29. The molecule has 0 saturated carbocycles. The zero-order valence-electron chi connectivity index (χ0n) is 20.3. The first-order valence-corrected chi connectivity index (χ1v) is 12.0. The number of methoxy groups -OCH3 is 1. The number of anilines is 2. The Bertz CT molecular complexity index is 1580. The molecule has 3 heterocycles. The van der Waals surface area contributed by atoms with Crippen molar-refractivity contribution in [2.45, 2.75) is 18.9 Å². The van der Waals surface area contributed by atoms with Gasteiger partial charge in [0.25, 0.3) is 5.56 Å². The predicted molar refractivity (Wildman–Crippen MR) is 145 cm³/mol. The third kappa shape index (κ3) is 4.82. The van der Waals surface area contributed by atoms with E-state index < -0.39 is 6.09 Å². The number of nitrogens with two attached hydrogens (primary N) is 2. The van der Waals surface area contributed by atoms with Crippen molar-refractivity contribution >= 4 is 35.4 Å². The first-order valence-electron chi connectivity index (χ1n) is 11.6. The summed E-state index contributed by atoms with van der Waals surface area (Å²) >= 11 is 6.23. The Balaban J connectivity index is 1.44. The maximum Gasteiger partial charge on any atom is 0.411 e. The number of aromatic nitrogens is 4. The molecule has 0 bridgehead atoms. The third-order valence-corrected chi connectivity index (χ3v) is 6.46. The Kier molecular flexibility index (Phi) is 6.81. The van der Waals surface area contributed by atoms with Crippen molar-refractivity contribution in [2.75, 3.05) is 17.4 Å². The van der Waals surface area contributed by atoms with Gasteiger partial charge in [0.2, 0.25) is 0 Å². The number of halogens is 1. The Morgan fingerprint density at radius 2 is 2.08 bits per heavy atom. The average Bonchev–Trinajstić information content (AvgIpc) is 3.57. The first-order chi connectivity index (χ1) is 18.4. The van der Waals surface area contributed by atoms with Crippen molar-refractivity contribution in [3.05, 3.63) is 81.8 Å². The highest BCUT2D eigenvalue weighted by Crippen LogP contribution is 2.34. The van der Waals surface area contributed by atoms with Crippen LogP contribution >= 0.6 is 11.6 Å². The molecule has 5 rings (SSSR count).